The second-order valence-corrected chi connectivity index (χ2v) is 12.0. The zero-order valence-electron chi connectivity index (χ0n) is 25.6. The van der Waals surface area contributed by atoms with E-state index in [1.807, 2.05) is 25.1 Å². The number of rotatable bonds is 10. The third kappa shape index (κ3) is 6.67. The van der Waals surface area contributed by atoms with Gasteiger partial charge >= 0.3 is 11.9 Å². The zero-order valence-corrected chi connectivity index (χ0v) is 27.2. The fourth-order valence-corrected chi connectivity index (χ4v) is 6.30. The van der Waals surface area contributed by atoms with Gasteiger partial charge in [0.05, 0.1) is 47.2 Å². The number of esters is 2. The number of hydrogen-bond acceptors (Lipinski definition) is 9. The molecule has 0 spiro atoms. The number of halogens is 1. The van der Waals surface area contributed by atoms with Crippen molar-refractivity contribution in [1.29, 1.82) is 0 Å². The molecule has 234 valence electrons. The molecule has 0 bridgehead atoms. The predicted octanol–water partition coefficient (Wildman–Crippen LogP) is 6.07. The molecule has 2 aromatic heterocycles. The van der Waals surface area contributed by atoms with Crippen LogP contribution in [0.3, 0.4) is 0 Å². The summed E-state index contributed by atoms with van der Waals surface area (Å²) in [7, 11) is 1.56. The first-order chi connectivity index (χ1) is 21.6. The van der Waals surface area contributed by atoms with Crippen LogP contribution >= 0.6 is 22.9 Å². The predicted molar refractivity (Wildman–Crippen MR) is 172 cm³/mol. The number of nitrogens with zero attached hydrogens (tertiary/aromatic N) is 2. The van der Waals surface area contributed by atoms with Crippen molar-refractivity contribution >= 4 is 41.0 Å². The highest BCUT2D eigenvalue weighted by Crippen LogP contribution is 2.34. The summed E-state index contributed by atoms with van der Waals surface area (Å²) in [6.07, 6.45) is 2.59. The number of allylic oxidation sites excluding steroid dienone is 1. The standard InChI is InChI=1S/C34H33ClN2O7S/c1-6-9-26-29(33(40)42-7-2)30(20-10-8-11-22(16-20)41-5)37-31(38)28(45-34(37)36-26)18-23-13-15-27(44-23)25-17-21(35)12-14-24(25)32(39)43-19(3)4/h8,10-19,30H,6-7,9H2,1-5H3/b28-18+/t30-/m1/s1. The van der Waals surface area contributed by atoms with Crippen LogP contribution in [0.2, 0.25) is 5.02 Å². The Morgan fingerprint density at radius 3 is 2.62 bits per heavy atom. The highest BCUT2D eigenvalue weighted by Gasteiger charge is 2.34. The van der Waals surface area contributed by atoms with Crippen molar-refractivity contribution in [3.63, 3.8) is 0 Å². The van der Waals surface area contributed by atoms with Gasteiger partial charge < -0.3 is 18.6 Å². The molecule has 0 fully saturated rings. The molecule has 45 heavy (non-hydrogen) atoms. The van der Waals surface area contributed by atoms with Crippen LogP contribution in [-0.4, -0.2) is 36.3 Å². The van der Waals surface area contributed by atoms with E-state index in [1.165, 1.54) is 15.9 Å². The molecule has 0 saturated heterocycles. The summed E-state index contributed by atoms with van der Waals surface area (Å²) in [5.41, 5.74) is 2.03. The van der Waals surface area contributed by atoms with Crippen molar-refractivity contribution in [2.75, 3.05) is 13.7 Å². The molecule has 0 aliphatic carbocycles. The van der Waals surface area contributed by atoms with Gasteiger partial charge in [-0.1, -0.05) is 48.4 Å². The van der Waals surface area contributed by atoms with E-state index in [4.69, 9.17) is 35.2 Å². The number of aromatic nitrogens is 1. The van der Waals surface area contributed by atoms with Crippen molar-refractivity contribution in [2.24, 2.45) is 4.99 Å². The summed E-state index contributed by atoms with van der Waals surface area (Å²) < 4.78 is 24.3. The molecule has 3 heterocycles. The van der Waals surface area contributed by atoms with Crippen molar-refractivity contribution in [2.45, 2.75) is 52.7 Å². The fraction of sp³-hybridized carbons (Fsp3) is 0.294. The lowest BCUT2D eigenvalue weighted by atomic mass is 9.94. The zero-order chi connectivity index (χ0) is 32.2. The Labute approximate surface area is 269 Å². The minimum Gasteiger partial charge on any atom is -0.497 e. The highest BCUT2D eigenvalue weighted by atomic mass is 35.5. The number of methoxy groups -OCH3 is 1. The fourth-order valence-electron chi connectivity index (χ4n) is 5.13. The number of furan rings is 1. The molecule has 0 saturated carbocycles. The van der Waals surface area contributed by atoms with Crippen LogP contribution in [0, 0.1) is 0 Å². The molecule has 1 atom stereocenters. The summed E-state index contributed by atoms with van der Waals surface area (Å²) >= 11 is 7.46. The summed E-state index contributed by atoms with van der Waals surface area (Å²) in [6.45, 7) is 7.47. The van der Waals surface area contributed by atoms with E-state index in [9.17, 15) is 14.4 Å². The molecule has 0 radical (unpaired) electrons. The molecule has 2 aromatic carbocycles. The maximum atomic E-state index is 14.1. The number of fused-ring (bicyclic) bond motifs is 1. The second-order valence-electron chi connectivity index (χ2n) is 10.5. The summed E-state index contributed by atoms with van der Waals surface area (Å²) in [4.78, 5) is 45.5. The third-order valence-corrected chi connectivity index (χ3v) is 8.23. The van der Waals surface area contributed by atoms with Crippen molar-refractivity contribution in [1.82, 2.24) is 4.57 Å². The SMILES string of the molecule is CCCC1=C(C(=O)OCC)[C@@H](c2cccc(OC)c2)n2c(s/c(=C/c3ccc(-c4cc(Cl)ccc4C(=O)OC(C)C)o3)c2=O)=N1. The van der Waals surface area contributed by atoms with Crippen molar-refractivity contribution in [3.05, 3.63) is 107 Å². The van der Waals surface area contributed by atoms with Crippen LogP contribution in [0.5, 0.6) is 5.75 Å². The first-order valence-corrected chi connectivity index (χ1v) is 15.8. The normalized spacial score (nSPS) is 14.7. The van der Waals surface area contributed by atoms with E-state index in [-0.39, 0.29) is 18.3 Å². The van der Waals surface area contributed by atoms with Gasteiger partial charge in [0.1, 0.15) is 17.3 Å². The molecular formula is C34H33ClN2O7S. The lowest BCUT2D eigenvalue weighted by Crippen LogP contribution is -2.40. The Morgan fingerprint density at radius 2 is 1.91 bits per heavy atom. The van der Waals surface area contributed by atoms with Crippen molar-refractivity contribution in [3.8, 4) is 17.1 Å². The smallest absolute Gasteiger partial charge is 0.339 e. The van der Waals surface area contributed by atoms with E-state index in [0.29, 0.717) is 66.0 Å². The van der Waals surface area contributed by atoms with Gasteiger partial charge in [0.15, 0.2) is 4.80 Å². The van der Waals surface area contributed by atoms with Crippen LogP contribution in [0.1, 0.15) is 68.3 Å². The van der Waals surface area contributed by atoms with Gasteiger partial charge in [-0.3, -0.25) is 9.36 Å². The van der Waals surface area contributed by atoms with Crippen LogP contribution < -0.4 is 19.6 Å². The van der Waals surface area contributed by atoms with Gasteiger partial charge in [0.25, 0.3) is 5.56 Å². The lowest BCUT2D eigenvalue weighted by Gasteiger charge is -2.26. The molecule has 5 rings (SSSR count). The highest BCUT2D eigenvalue weighted by molar-refractivity contribution is 7.07. The maximum Gasteiger partial charge on any atom is 0.339 e. The first-order valence-electron chi connectivity index (χ1n) is 14.6. The van der Waals surface area contributed by atoms with Gasteiger partial charge in [-0.25, -0.2) is 14.6 Å². The Morgan fingerprint density at radius 1 is 1.11 bits per heavy atom. The van der Waals surface area contributed by atoms with Crippen LogP contribution in [0.25, 0.3) is 17.4 Å². The van der Waals surface area contributed by atoms with Crippen molar-refractivity contribution < 1.29 is 28.2 Å². The topological polar surface area (TPSA) is 109 Å². The molecule has 4 aromatic rings. The maximum absolute atomic E-state index is 14.1. The average molecular weight is 649 g/mol. The van der Waals surface area contributed by atoms with E-state index in [2.05, 4.69) is 0 Å². The molecule has 0 unspecified atom stereocenters. The monoisotopic (exact) mass is 648 g/mol. The second kappa shape index (κ2) is 13.7. The number of ether oxygens (including phenoxy) is 3. The Bertz CT molecular complexity index is 1970. The van der Waals surface area contributed by atoms with Gasteiger partial charge in [0, 0.05) is 16.7 Å². The number of carbonyl (C=O) groups is 2. The van der Waals surface area contributed by atoms with E-state index in [0.717, 1.165) is 6.42 Å². The number of thiazole rings is 1. The van der Waals surface area contributed by atoms with Crippen LogP contribution in [0.4, 0.5) is 0 Å². The summed E-state index contributed by atoms with van der Waals surface area (Å²) in [5.74, 6) is 0.343. The Hall–Kier alpha value is -4.41. The number of benzene rings is 2. The molecule has 0 amide bonds. The molecule has 9 nitrogen and oxygen atoms in total. The third-order valence-electron chi connectivity index (χ3n) is 7.01. The summed E-state index contributed by atoms with van der Waals surface area (Å²) in [6, 6.07) is 14.8. The largest absolute Gasteiger partial charge is 0.497 e. The quantitative estimate of drug-likeness (QED) is 0.192. The molecular weight excluding hydrogens is 616 g/mol. The number of carbonyl (C=O) groups excluding carboxylic acids is 2. The van der Waals surface area contributed by atoms with Gasteiger partial charge in [-0.15, -0.1) is 0 Å². The van der Waals surface area contributed by atoms with Gasteiger partial charge in [-0.2, -0.15) is 0 Å². The van der Waals surface area contributed by atoms with E-state index < -0.39 is 18.0 Å². The Kier molecular flexibility index (Phi) is 9.74. The molecule has 11 heteroatoms. The molecule has 1 aliphatic rings. The lowest BCUT2D eigenvalue weighted by molar-refractivity contribution is -0.139. The minimum absolute atomic E-state index is 0.182. The first kappa shape index (κ1) is 32.0. The van der Waals surface area contributed by atoms with Crippen LogP contribution in [0.15, 0.2) is 80.1 Å². The molecule has 1 aliphatic heterocycles. The average Bonchev–Trinajstić information content (AvgIpc) is 3.60. The van der Waals surface area contributed by atoms with E-state index in [1.54, 1.807) is 70.4 Å². The summed E-state index contributed by atoms with van der Waals surface area (Å²) in [5, 5.41) is 0.426. The Balaban J connectivity index is 1.65. The minimum atomic E-state index is -0.771. The molecule has 0 N–H and O–H groups in total. The van der Waals surface area contributed by atoms with E-state index >= 15 is 0 Å². The number of hydrogen-bond donors (Lipinski definition) is 0. The van der Waals surface area contributed by atoms with Gasteiger partial charge in [0.2, 0.25) is 0 Å². The van der Waals surface area contributed by atoms with Gasteiger partial charge in [-0.05, 0) is 75.2 Å². The van der Waals surface area contributed by atoms with Crippen LogP contribution in [-0.2, 0) is 14.3 Å².